The summed E-state index contributed by atoms with van der Waals surface area (Å²) in [5.41, 5.74) is 4.05. The van der Waals surface area contributed by atoms with Crippen LogP contribution in [-0.4, -0.2) is 41.6 Å². The van der Waals surface area contributed by atoms with Crippen molar-refractivity contribution < 1.29 is 24.2 Å². The van der Waals surface area contributed by atoms with Crippen LogP contribution in [0.1, 0.15) is 85.5 Å². The van der Waals surface area contributed by atoms with Crippen LogP contribution in [-0.2, 0) is 19.1 Å². The number of carbonyl (C=O) groups is 3. The standard InChI is InChI=1S/C30H48N2O5/c1-5-6-7-8-9-10-11-12-13-14-15-16-17-18-19-20-21-22-27(35)37-25-29(2,3)30(4,31)28(36)32-24-23-26(33)34/h6-7,9-10,12-13,15-16,18-19H,5,8,11,14,17,20-25,31H2,1-4H3,(H,32,36)(H,33,34)/b7-6-,10-9-,13-12-,16-15-,19-18-/t30-/m1/s1. The minimum absolute atomic E-state index is 0.00709. The molecule has 0 aromatic carbocycles. The Labute approximate surface area is 223 Å². The number of hydrogen-bond acceptors (Lipinski definition) is 5. The van der Waals surface area contributed by atoms with Gasteiger partial charge >= 0.3 is 11.9 Å². The van der Waals surface area contributed by atoms with Gasteiger partial charge in [-0.05, 0) is 51.9 Å². The first-order chi connectivity index (χ1) is 17.5. The van der Waals surface area contributed by atoms with Gasteiger partial charge in [0.25, 0.3) is 0 Å². The lowest BCUT2D eigenvalue weighted by molar-refractivity contribution is -0.150. The van der Waals surface area contributed by atoms with Crippen molar-refractivity contribution >= 4 is 17.8 Å². The molecule has 0 aromatic heterocycles. The number of ether oxygens (including phenoxy) is 1. The second kappa shape index (κ2) is 20.2. The number of allylic oxidation sites excluding steroid dienone is 10. The van der Waals surface area contributed by atoms with E-state index in [-0.39, 0.29) is 32.0 Å². The fraction of sp³-hybridized carbons (Fsp3) is 0.567. The Balaban J connectivity index is 4.05. The second-order valence-corrected chi connectivity index (χ2v) is 9.75. The van der Waals surface area contributed by atoms with E-state index in [1.54, 1.807) is 20.8 Å². The van der Waals surface area contributed by atoms with E-state index in [2.05, 4.69) is 73.0 Å². The van der Waals surface area contributed by atoms with Crippen LogP contribution < -0.4 is 11.1 Å². The maximum absolute atomic E-state index is 12.4. The van der Waals surface area contributed by atoms with Crippen LogP contribution in [0.4, 0.5) is 0 Å². The number of carboxylic acid groups (broad SMARTS) is 1. The number of carboxylic acids is 1. The van der Waals surface area contributed by atoms with Crippen molar-refractivity contribution in [1.29, 1.82) is 0 Å². The van der Waals surface area contributed by atoms with Crippen LogP contribution in [0.2, 0.25) is 0 Å². The number of amides is 1. The van der Waals surface area contributed by atoms with Crippen molar-refractivity contribution in [2.75, 3.05) is 13.2 Å². The van der Waals surface area contributed by atoms with Gasteiger partial charge in [-0.15, -0.1) is 0 Å². The molecule has 4 N–H and O–H groups in total. The average Bonchev–Trinajstić information content (AvgIpc) is 2.84. The maximum Gasteiger partial charge on any atom is 0.305 e. The minimum atomic E-state index is -1.33. The zero-order valence-electron chi connectivity index (χ0n) is 23.2. The number of rotatable bonds is 20. The van der Waals surface area contributed by atoms with Crippen LogP contribution in [0.3, 0.4) is 0 Å². The molecule has 0 spiro atoms. The predicted octanol–water partition coefficient (Wildman–Crippen LogP) is 5.79. The molecule has 0 bridgehead atoms. The summed E-state index contributed by atoms with van der Waals surface area (Å²) in [5.74, 6) is -1.81. The molecule has 0 aliphatic heterocycles. The van der Waals surface area contributed by atoms with E-state index in [1.165, 1.54) is 0 Å². The summed E-state index contributed by atoms with van der Waals surface area (Å²) in [6.07, 6.45) is 27.9. The number of unbranched alkanes of at least 4 members (excludes halogenated alkanes) is 1. The molecule has 0 radical (unpaired) electrons. The maximum atomic E-state index is 12.4. The minimum Gasteiger partial charge on any atom is -0.481 e. The Kier molecular flexibility index (Phi) is 18.6. The van der Waals surface area contributed by atoms with Crippen molar-refractivity contribution in [2.45, 2.75) is 91.0 Å². The van der Waals surface area contributed by atoms with E-state index in [1.807, 2.05) is 0 Å². The fourth-order valence-corrected chi connectivity index (χ4v) is 2.99. The second-order valence-electron chi connectivity index (χ2n) is 9.75. The first-order valence-electron chi connectivity index (χ1n) is 13.2. The first-order valence-corrected chi connectivity index (χ1v) is 13.2. The molecule has 0 saturated carbocycles. The quantitative estimate of drug-likeness (QED) is 0.107. The molecule has 0 rings (SSSR count). The summed E-state index contributed by atoms with van der Waals surface area (Å²) in [6.45, 7) is 7.16. The highest BCUT2D eigenvalue weighted by molar-refractivity contribution is 5.87. The van der Waals surface area contributed by atoms with Crippen LogP contribution in [0.25, 0.3) is 0 Å². The van der Waals surface area contributed by atoms with E-state index in [4.69, 9.17) is 15.6 Å². The van der Waals surface area contributed by atoms with Crippen LogP contribution in [0.15, 0.2) is 60.8 Å². The van der Waals surface area contributed by atoms with Crippen molar-refractivity contribution in [3.8, 4) is 0 Å². The number of nitrogens with one attached hydrogen (secondary N) is 1. The Morgan fingerprint density at radius 1 is 0.811 bits per heavy atom. The van der Waals surface area contributed by atoms with Crippen molar-refractivity contribution in [1.82, 2.24) is 5.32 Å². The topological polar surface area (TPSA) is 119 Å². The van der Waals surface area contributed by atoms with E-state index in [9.17, 15) is 14.4 Å². The fourth-order valence-electron chi connectivity index (χ4n) is 2.99. The molecule has 1 amide bonds. The molecule has 7 heteroatoms. The first kappa shape index (κ1) is 34.1. The Hall–Kier alpha value is -2.93. The molecule has 0 fully saturated rings. The predicted molar refractivity (Wildman–Crippen MR) is 151 cm³/mol. The lowest BCUT2D eigenvalue weighted by atomic mass is 9.74. The Bertz CT molecular complexity index is 820. The summed E-state index contributed by atoms with van der Waals surface area (Å²) in [6, 6.07) is 0. The number of esters is 1. The van der Waals surface area contributed by atoms with Crippen molar-refractivity contribution in [2.24, 2.45) is 11.1 Å². The molecule has 208 valence electrons. The summed E-state index contributed by atoms with van der Waals surface area (Å²) in [7, 11) is 0. The largest absolute Gasteiger partial charge is 0.481 e. The summed E-state index contributed by atoms with van der Waals surface area (Å²) in [4.78, 5) is 35.1. The SMILES string of the molecule is CC/C=C\C/C=C\C/C=C\C/C=C\C/C=C\CCCC(=O)OCC(C)(C)[C@](C)(N)C(=O)NCCC(=O)O. The molecule has 0 aliphatic carbocycles. The van der Waals surface area contributed by atoms with Gasteiger partial charge in [0.1, 0.15) is 5.54 Å². The smallest absolute Gasteiger partial charge is 0.305 e. The molecule has 7 nitrogen and oxygen atoms in total. The van der Waals surface area contributed by atoms with Gasteiger partial charge in [-0.2, -0.15) is 0 Å². The molecular formula is C30H48N2O5. The zero-order valence-corrected chi connectivity index (χ0v) is 23.2. The van der Waals surface area contributed by atoms with Gasteiger partial charge in [0.05, 0.1) is 13.0 Å². The lowest BCUT2D eigenvalue weighted by Gasteiger charge is -2.39. The third-order valence-electron chi connectivity index (χ3n) is 6.01. The highest BCUT2D eigenvalue weighted by Crippen LogP contribution is 2.29. The molecule has 0 aliphatic rings. The van der Waals surface area contributed by atoms with Crippen LogP contribution in [0.5, 0.6) is 0 Å². The van der Waals surface area contributed by atoms with Gasteiger partial charge < -0.3 is 20.9 Å². The average molecular weight is 517 g/mol. The Morgan fingerprint density at radius 3 is 1.78 bits per heavy atom. The number of hydrogen-bond donors (Lipinski definition) is 3. The van der Waals surface area contributed by atoms with Crippen molar-refractivity contribution in [3.63, 3.8) is 0 Å². The molecule has 1 atom stereocenters. The summed E-state index contributed by atoms with van der Waals surface area (Å²) in [5, 5.41) is 11.2. The van der Waals surface area contributed by atoms with Gasteiger partial charge in [-0.1, -0.05) is 81.5 Å². The molecule has 0 aromatic rings. The van der Waals surface area contributed by atoms with E-state index >= 15 is 0 Å². The monoisotopic (exact) mass is 516 g/mol. The molecule has 37 heavy (non-hydrogen) atoms. The normalized spacial score (nSPS) is 14.3. The van der Waals surface area contributed by atoms with Gasteiger partial charge in [-0.25, -0.2) is 0 Å². The van der Waals surface area contributed by atoms with Gasteiger partial charge in [-0.3, -0.25) is 14.4 Å². The van der Waals surface area contributed by atoms with Crippen LogP contribution in [0, 0.1) is 5.41 Å². The lowest BCUT2D eigenvalue weighted by Crippen LogP contribution is -2.62. The van der Waals surface area contributed by atoms with Gasteiger partial charge in [0.15, 0.2) is 0 Å². The van der Waals surface area contributed by atoms with Crippen molar-refractivity contribution in [3.05, 3.63) is 60.8 Å². The third-order valence-corrected chi connectivity index (χ3v) is 6.01. The molecule has 0 heterocycles. The highest BCUT2D eigenvalue weighted by atomic mass is 16.5. The number of nitrogens with two attached hydrogens (primary N) is 1. The Morgan fingerprint density at radius 2 is 1.30 bits per heavy atom. The summed E-state index contributed by atoms with van der Waals surface area (Å²) < 4.78 is 5.37. The van der Waals surface area contributed by atoms with E-state index < -0.39 is 22.8 Å². The van der Waals surface area contributed by atoms with Gasteiger partial charge in [0.2, 0.25) is 5.91 Å². The molecule has 0 unspecified atom stereocenters. The molecule has 0 saturated heterocycles. The highest BCUT2D eigenvalue weighted by Gasteiger charge is 2.44. The number of aliphatic carboxylic acids is 1. The molecular weight excluding hydrogens is 468 g/mol. The third kappa shape index (κ3) is 17.2. The zero-order chi connectivity index (χ0) is 28.0. The van der Waals surface area contributed by atoms with Crippen LogP contribution >= 0.6 is 0 Å². The number of carbonyl (C=O) groups excluding carboxylic acids is 2. The summed E-state index contributed by atoms with van der Waals surface area (Å²) >= 11 is 0. The van der Waals surface area contributed by atoms with E-state index in [0.29, 0.717) is 6.42 Å². The van der Waals surface area contributed by atoms with E-state index in [0.717, 1.165) is 38.5 Å². The van der Waals surface area contributed by atoms with Gasteiger partial charge in [0, 0.05) is 18.4 Å².